The maximum absolute atomic E-state index is 12.7. The zero-order valence-electron chi connectivity index (χ0n) is 19.7. The number of aliphatic hydroxyl groups excluding tert-OH is 3. The summed E-state index contributed by atoms with van der Waals surface area (Å²) in [5.74, 6) is -1.98. The molecule has 7 heteroatoms. The van der Waals surface area contributed by atoms with Gasteiger partial charge in [-0.3, -0.25) is 0 Å². The number of hydrogen-bond donors (Lipinski definition) is 5. The van der Waals surface area contributed by atoms with Crippen molar-refractivity contribution in [3.8, 4) is 0 Å². The monoisotopic (exact) mass is 448 g/mol. The summed E-state index contributed by atoms with van der Waals surface area (Å²) >= 11 is 0. The van der Waals surface area contributed by atoms with Gasteiger partial charge in [0, 0.05) is 22.8 Å². The fourth-order valence-corrected chi connectivity index (χ4v) is 7.32. The number of fused-ring (bicyclic) bond motifs is 3. The van der Waals surface area contributed by atoms with E-state index >= 15 is 0 Å². The van der Waals surface area contributed by atoms with E-state index in [0.29, 0.717) is 17.6 Å². The quantitative estimate of drug-likeness (QED) is 0.250. The number of aliphatic hydroxyl groups is 5. The lowest BCUT2D eigenvalue weighted by Crippen LogP contribution is -2.67. The van der Waals surface area contributed by atoms with Gasteiger partial charge in [0.25, 0.3) is 0 Å². The van der Waals surface area contributed by atoms with Gasteiger partial charge in [-0.2, -0.15) is 0 Å². The lowest BCUT2D eigenvalue weighted by molar-refractivity contribution is -0.224. The lowest BCUT2D eigenvalue weighted by atomic mass is 9.58. The van der Waals surface area contributed by atoms with Crippen molar-refractivity contribution in [3.63, 3.8) is 0 Å². The van der Waals surface area contributed by atoms with Gasteiger partial charge in [0.1, 0.15) is 11.7 Å². The van der Waals surface area contributed by atoms with Gasteiger partial charge in [-0.15, -0.1) is 0 Å². The first kappa shape index (κ1) is 23.6. The highest BCUT2D eigenvalue weighted by molar-refractivity contribution is 5.88. The van der Waals surface area contributed by atoms with E-state index in [9.17, 15) is 30.3 Å². The van der Waals surface area contributed by atoms with E-state index in [4.69, 9.17) is 4.74 Å². The van der Waals surface area contributed by atoms with Gasteiger partial charge in [-0.05, 0) is 44.3 Å². The largest absolute Gasteiger partial charge is 0.451 e. The van der Waals surface area contributed by atoms with Crippen LogP contribution in [0.3, 0.4) is 0 Å². The predicted octanol–water partition coefficient (Wildman–Crippen LogP) is 1.24. The predicted molar refractivity (Wildman–Crippen MR) is 117 cm³/mol. The first-order valence-corrected chi connectivity index (χ1v) is 11.4. The summed E-state index contributed by atoms with van der Waals surface area (Å²) in [5, 5.41) is 57.2. The van der Waals surface area contributed by atoms with Crippen molar-refractivity contribution in [2.75, 3.05) is 6.61 Å². The Labute approximate surface area is 189 Å². The third kappa shape index (κ3) is 2.52. The van der Waals surface area contributed by atoms with E-state index in [-0.39, 0.29) is 11.5 Å². The van der Waals surface area contributed by atoms with E-state index < -0.39 is 64.8 Å². The fourth-order valence-electron chi connectivity index (χ4n) is 7.32. The van der Waals surface area contributed by atoms with Crippen LogP contribution in [-0.4, -0.2) is 67.6 Å². The van der Waals surface area contributed by atoms with Crippen molar-refractivity contribution in [2.24, 2.45) is 28.6 Å². The minimum atomic E-state index is -2.11. The van der Waals surface area contributed by atoms with Gasteiger partial charge in [0.15, 0.2) is 6.10 Å². The maximum atomic E-state index is 12.7. The van der Waals surface area contributed by atoms with Gasteiger partial charge < -0.3 is 30.3 Å². The molecule has 9 atom stereocenters. The molecule has 32 heavy (non-hydrogen) atoms. The zero-order chi connectivity index (χ0) is 24.0. The molecular weight excluding hydrogens is 412 g/mol. The Balaban J connectivity index is 1.93. The standard InChI is InChI=1S/C25H36O7/c1-7-12(2)21(29)32-20-13(3)9-23-14(4)10-24(30)17(22(24,5)6)16(19(23)28)8-15(11-26)18(27)25(20,23)31/h7-9,14,16-20,26-28,30-31H,10-11H2,1-6H3/b12-7-/t14?,16-,17+,18+,19?,20-,23?,24-,25-/m0/s1. The molecule has 3 unspecified atom stereocenters. The van der Waals surface area contributed by atoms with Crippen molar-refractivity contribution >= 4 is 5.97 Å². The Morgan fingerprint density at radius 2 is 1.91 bits per heavy atom. The zero-order valence-corrected chi connectivity index (χ0v) is 19.7. The number of allylic oxidation sites excluding steroid dienone is 1. The van der Waals surface area contributed by atoms with Crippen LogP contribution in [0, 0.1) is 28.6 Å². The molecule has 7 nitrogen and oxygen atoms in total. The van der Waals surface area contributed by atoms with Crippen LogP contribution in [0.1, 0.15) is 48.0 Å². The number of ether oxygens (including phenoxy) is 1. The Hall–Kier alpha value is -1.51. The topological polar surface area (TPSA) is 127 Å². The first-order chi connectivity index (χ1) is 14.8. The second-order valence-corrected chi connectivity index (χ2v) is 11.0. The van der Waals surface area contributed by atoms with Crippen LogP contribution >= 0.6 is 0 Å². The third-order valence-corrected chi connectivity index (χ3v) is 9.31. The highest BCUT2D eigenvalue weighted by atomic mass is 16.6. The summed E-state index contributed by atoms with van der Waals surface area (Å²) in [4.78, 5) is 12.7. The van der Waals surface area contributed by atoms with E-state index in [1.165, 1.54) is 0 Å². The van der Waals surface area contributed by atoms with Crippen LogP contribution in [0.4, 0.5) is 0 Å². The van der Waals surface area contributed by atoms with E-state index in [2.05, 4.69) is 0 Å². The molecule has 0 aromatic heterocycles. The summed E-state index contributed by atoms with van der Waals surface area (Å²) in [6, 6.07) is 0. The number of esters is 1. The van der Waals surface area contributed by atoms with Gasteiger partial charge in [-0.1, -0.05) is 39.0 Å². The van der Waals surface area contributed by atoms with Crippen molar-refractivity contribution < 1.29 is 35.1 Å². The molecular formula is C25H36O7. The van der Waals surface area contributed by atoms with Crippen molar-refractivity contribution in [1.82, 2.24) is 0 Å². The Morgan fingerprint density at radius 3 is 2.47 bits per heavy atom. The molecule has 2 bridgehead atoms. The SMILES string of the molecule is C/C=C(/C)C(=O)O[C@H]1C(C)=CC23C(C)C[C@]4(O)[C@H]([C@H](C=C(CO)[C@@H](O)[C@]12O)C3O)C4(C)C. The molecule has 4 rings (SSSR count). The second-order valence-electron chi connectivity index (χ2n) is 11.0. The fraction of sp³-hybridized carbons (Fsp3) is 0.720. The maximum Gasteiger partial charge on any atom is 0.334 e. The molecule has 0 heterocycles. The van der Waals surface area contributed by atoms with Gasteiger partial charge in [-0.25, -0.2) is 4.79 Å². The molecule has 0 radical (unpaired) electrons. The van der Waals surface area contributed by atoms with Gasteiger partial charge in [0.05, 0.1) is 23.7 Å². The van der Waals surface area contributed by atoms with Crippen molar-refractivity contribution in [2.45, 2.75) is 77.5 Å². The highest BCUT2D eigenvalue weighted by Crippen LogP contribution is 2.74. The second kappa shape index (κ2) is 7.00. The lowest BCUT2D eigenvalue weighted by Gasteiger charge is -2.52. The summed E-state index contributed by atoms with van der Waals surface area (Å²) in [6.07, 6.45) is 1.31. The van der Waals surface area contributed by atoms with Crippen LogP contribution in [0.25, 0.3) is 0 Å². The summed E-state index contributed by atoms with van der Waals surface area (Å²) in [5.41, 5.74) is -3.99. The molecule has 0 saturated heterocycles. The average Bonchev–Trinajstić information content (AvgIpc) is 3.10. The van der Waals surface area contributed by atoms with E-state index in [1.54, 1.807) is 39.0 Å². The Kier molecular flexibility index (Phi) is 5.17. The minimum absolute atomic E-state index is 0.157. The summed E-state index contributed by atoms with van der Waals surface area (Å²) in [6.45, 7) is 10.2. The summed E-state index contributed by atoms with van der Waals surface area (Å²) in [7, 11) is 0. The molecule has 2 fully saturated rings. The molecule has 0 aromatic rings. The molecule has 0 aromatic carbocycles. The number of rotatable bonds is 3. The molecule has 4 aliphatic rings. The van der Waals surface area contributed by atoms with Crippen LogP contribution in [0.5, 0.6) is 0 Å². The number of carbonyl (C=O) groups is 1. The minimum Gasteiger partial charge on any atom is -0.451 e. The Morgan fingerprint density at radius 1 is 1.28 bits per heavy atom. The Bertz CT molecular complexity index is 933. The molecule has 178 valence electrons. The normalized spacial score (nSPS) is 49.2. The van der Waals surface area contributed by atoms with Crippen LogP contribution < -0.4 is 0 Å². The number of hydrogen-bond acceptors (Lipinski definition) is 7. The molecule has 1 spiro atoms. The molecule has 5 N–H and O–H groups in total. The van der Waals surface area contributed by atoms with Gasteiger partial charge in [0.2, 0.25) is 0 Å². The van der Waals surface area contributed by atoms with Crippen molar-refractivity contribution in [1.29, 1.82) is 0 Å². The van der Waals surface area contributed by atoms with E-state index in [0.717, 1.165) is 0 Å². The molecule has 2 saturated carbocycles. The van der Waals surface area contributed by atoms with Crippen LogP contribution in [0.15, 0.2) is 34.9 Å². The average molecular weight is 449 g/mol. The third-order valence-electron chi connectivity index (χ3n) is 9.31. The number of carbonyl (C=O) groups excluding carboxylic acids is 1. The molecule has 0 amide bonds. The van der Waals surface area contributed by atoms with Crippen LogP contribution in [-0.2, 0) is 9.53 Å². The first-order valence-electron chi connectivity index (χ1n) is 11.4. The smallest absolute Gasteiger partial charge is 0.334 e. The molecule has 4 aliphatic carbocycles. The van der Waals surface area contributed by atoms with Crippen LogP contribution in [0.2, 0.25) is 0 Å². The van der Waals surface area contributed by atoms with Crippen molar-refractivity contribution in [3.05, 3.63) is 34.9 Å². The molecule has 0 aliphatic heterocycles. The highest BCUT2D eigenvalue weighted by Gasteiger charge is 2.81. The summed E-state index contributed by atoms with van der Waals surface area (Å²) < 4.78 is 5.73. The van der Waals surface area contributed by atoms with E-state index in [1.807, 2.05) is 20.8 Å². The van der Waals surface area contributed by atoms with Gasteiger partial charge >= 0.3 is 5.97 Å².